The van der Waals surface area contributed by atoms with Crippen LogP contribution in [0, 0.1) is 5.82 Å². The molecule has 0 heterocycles. The molecule has 0 radical (unpaired) electrons. The zero-order chi connectivity index (χ0) is 12.0. The minimum Gasteiger partial charge on any atom is -0.383 e. The molecule has 0 aliphatic rings. The second-order valence-corrected chi connectivity index (χ2v) is 4.49. The smallest absolute Gasteiger partial charge is 0.137 e. The summed E-state index contributed by atoms with van der Waals surface area (Å²) < 4.78 is 18.9. The predicted octanol–water partition coefficient (Wildman–Crippen LogP) is 2.76. The zero-order valence-corrected chi connectivity index (χ0v) is 11.2. The summed E-state index contributed by atoms with van der Waals surface area (Å²) in [7, 11) is 3.59. The van der Waals surface area contributed by atoms with E-state index in [2.05, 4.69) is 21.2 Å². The van der Waals surface area contributed by atoms with Crippen LogP contribution >= 0.6 is 15.9 Å². The maximum atomic E-state index is 13.2. The van der Waals surface area contributed by atoms with Gasteiger partial charge in [-0.1, -0.05) is 12.1 Å². The Morgan fingerprint density at radius 2 is 2.25 bits per heavy atom. The topological polar surface area (TPSA) is 21.3 Å². The van der Waals surface area contributed by atoms with Crippen molar-refractivity contribution in [3.05, 3.63) is 34.1 Å². The normalized spacial score (nSPS) is 12.8. The zero-order valence-electron chi connectivity index (χ0n) is 9.59. The van der Waals surface area contributed by atoms with Crippen molar-refractivity contribution in [3.8, 4) is 0 Å². The molecule has 1 aromatic rings. The number of halogens is 2. The van der Waals surface area contributed by atoms with Crippen LogP contribution in [-0.2, 0) is 11.2 Å². The molecule has 0 aliphatic heterocycles. The maximum absolute atomic E-state index is 13.2. The number of hydrogen-bond donors (Lipinski definition) is 1. The van der Waals surface area contributed by atoms with Crippen LogP contribution in [0.2, 0.25) is 0 Å². The van der Waals surface area contributed by atoms with E-state index in [1.807, 2.05) is 13.1 Å². The molecule has 1 atom stereocenters. The van der Waals surface area contributed by atoms with Crippen LogP contribution in [0.4, 0.5) is 4.39 Å². The fraction of sp³-hybridized carbons (Fsp3) is 0.500. The molecule has 1 N–H and O–H groups in total. The summed E-state index contributed by atoms with van der Waals surface area (Å²) >= 11 is 3.26. The summed E-state index contributed by atoms with van der Waals surface area (Å²) in [6.45, 7) is 0.670. The molecule has 2 nitrogen and oxygen atoms in total. The molecular weight excluding hydrogens is 273 g/mol. The number of hydrogen-bond acceptors (Lipinski definition) is 2. The molecule has 0 amide bonds. The maximum Gasteiger partial charge on any atom is 0.137 e. The van der Waals surface area contributed by atoms with Crippen molar-refractivity contribution in [1.82, 2.24) is 5.32 Å². The van der Waals surface area contributed by atoms with Gasteiger partial charge in [-0.25, -0.2) is 4.39 Å². The first kappa shape index (κ1) is 13.6. The summed E-state index contributed by atoms with van der Waals surface area (Å²) in [6, 6.07) is 5.44. The number of likely N-dealkylation sites (N-methyl/N-ethyl adjacent to an activating group) is 1. The van der Waals surface area contributed by atoms with E-state index in [9.17, 15) is 4.39 Å². The Morgan fingerprint density at radius 1 is 1.50 bits per heavy atom. The van der Waals surface area contributed by atoms with Crippen LogP contribution in [-0.4, -0.2) is 26.8 Å². The summed E-state index contributed by atoms with van der Waals surface area (Å²) in [6.07, 6.45) is 1.75. The standard InChI is InChI=1S/C12H17BrFNO/c1-15-10(8-16-2)7-6-9-4-3-5-11(14)12(9)13/h3-5,10,15H,6-8H2,1-2H3. The first-order chi connectivity index (χ1) is 7.69. The Hall–Kier alpha value is -0.450. The molecule has 16 heavy (non-hydrogen) atoms. The van der Waals surface area contributed by atoms with Crippen molar-refractivity contribution >= 4 is 15.9 Å². The Labute approximate surface area is 104 Å². The number of nitrogens with one attached hydrogen (secondary N) is 1. The summed E-state index contributed by atoms with van der Waals surface area (Å²) in [5.74, 6) is -0.203. The first-order valence-electron chi connectivity index (χ1n) is 5.28. The Balaban J connectivity index is 2.56. The predicted molar refractivity (Wildman–Crippen MR) is 67.1 cm³/mol. The van der Waals surface area contributed by atoms with Gasteiger partial charge in [0.2, 0.25) is 0 Å². The fourth-order valence-corrected chi connectivity index (χ4v) is 2.05. The number of rotatable bonds is 6. The van der Waals surface area contributed by atoms with Crippen molar-refractivity contribution in [1.29, 1.82) is 0 Å². The van der Waals surface area contributed by atoms with E-state index in [1.54, 1.807) is 13.2 Å². The quantitative estimate of drug-likeness (QED) is 0.870. The highest BCUT2D eigenvalue weighted by Crippen LogP contribution is 2.21. The van der Waals surface area contributed by atoms with E-state index in [1.165, 1.54) is 6.07 Å². The first-order valence-corrected chi connectivity index (χ1v) is 6.07. The van der Waals surface area contributed by atoms with Gasteiger partial charge in [-0.3, -0.25) is 0 Å². The molecule has 0 spiro atoms. The highest BCUT2D eigenvalue weighted by Gasteiger charge is 2.09. The average Bonchev–Trinajstić information content (AvgIpc) is 2.29. The van der Waals surface area contributed by atoms with Crippen LogP contribution in [0.5, 0.6) is 0 Å². The highest BCUT2D eigenvalue weighted by molar-refractivity contribution is 9.10. The molecule has 4 heteroatoms. The second kappa shape index (κ2) is 6.99. The monoisotopic (exact) mass is 289 g/mol. The van der Waals surface area contributed by atoms with Gasteiger partial charge < -0.3 is 10.1 Å². The lowest BCUT2D eigenvalue weighted by molar-refractivity contribution is 0.166. The molecule has 1 unspecified atom stereocenters. The molecule has 1 rings (SSSR count). The van der Waals surface area contributed by atoms with E-state index in [0.29, 0.717) is 17.1 Å². The van der Waals surface area contributed by atoms with Gasteiger partial charge in [0, 0.05) is 13.2 Å². The largest absolute Gasteiger partial charge is 0.383 e. The molecule has 0 fully saturated rings. The Bertz CT molecular complexity index is 333. The van der Waals surface area contributed by atoms with Crippen LogP contribution in [0.15, 0.2) is 22.7 Å². The molecule has 0 saturated heterocycles. The fourth-order valence-electron chi connectivity index (χ4n) is 1.58. The lowest BCUT2D eigenvalue weighted by atomic mass is 10.1. The molecule has 90 valence electrons. The van der Waals surface area contributed by atoms with Gasteiger partial charge in [0.05, 0.1) is 11.1 Å². The highest BCUT2D eigenvalue weighted by atomic mass is 79.9. The lowest BCUT2D eigenvalue weighted by Gasteiger charge is -2.15. The minimum atomic E-state index is -0.203. The number of ether oxygens (including phenoxy) is 1. The van der Waals surface area contributed by atoms with Crippen molar-refractivity contribution in [2.45, 2.75) is 18.9 Å². The van der Waals surface area contributed by atoms with Crippen LogP contribution in [0.3, 0.4) is 0 Å². The van der Waals surface area contributed by atoms with E-state index < -0.39 is 0 Å². The molecular formula is C12H17BrFNO. The van der Waals surface area contributed by atoms with Gasteiger partial charge in [-0.05, 0) is 47.4 Å². The Kier molecular flexibility index (Phi) is 5.95. The van der Waals surface area contributed by atoms with Gasteiger partial charge in [0.25, 0.3) is 0 Å². The van der Waals surface area contributed by atoms with E-state index >= 15 is 0 Å². The third-order valence-corrected chi connectivity index (χ3v) is 3.46. The van der Waals surface area contributed by atoms with E-state index in [4.69, 9.17) is 4.74 Å². The molecule has 0 bridgehead atoms. The van der Waals surface area contributed by atoms with E-state index in [-0.39, 0.29) is 5.82 Å². The van der Waals surface area contributed by atoms with Gasteiger partial charge in [0.15, 0.2) is 0 Å². The van der Waals surface area contributed by atoms with Crippen LogP contribution < -0.4 is 5.32 Å². The van der Waals surface area contributed by atoms with E-state index in [0.717, 1.165) is 18.4 Å². The molecule has 1 aromatic carbocycles. The van der Waals surface area contributed by atoms with Crippen molar-refractivity contribution in [2.24, 2.45) is 0 Å². The molecule has 0 aromatic heterocycles. The van der Waals surface area contributed by atoms with Crippen molar-refractivity contribution < 1.29 is 9.13 Å². The number of methoxy groups -OCH3 is 1. The molecule has 0 aliphatic carbocycles. The minimum absolute atomic E-state index is 0.203. The summed E-state index contributed by atoms with van der Waals surface area (Å²) in [5, 5.41) is 3.17. The van der Waals surface area contributed by atoms with Crippen LogP contribution in [0.25, 0.3) is 0 Å². The third kappa shape index (κ3) is 3.85. The van der Waals surface area contributed by atoms with Gasteiger partial charge >= 0.3 is 0 Å². The third-order valence-electron chi connectivity index (χ3n) is 2.57. The van der Waals surface area contributed by atoms with Gasteiger partial charge in [-0.2, -0.15) is 0 Å². The SMILES string of the molecule is CNC(CCc1cccc(F)c1Br)COC. The number of benzene rings is 1. The van der Waals surface area contributed by atoms with Gasteiger partial charge in [-0.15, -0.1) is 0 Å². The Morgan fingerprint density at radius 3 is 2.88 bits per heavy atom. The summed E-state index contributed by atoms with van der Waals surface area (Å²) in [4.78, 5) is 0. The van der Waals surface area contributed by atoms with Crippen LogP contribution in [0.1, 0.15) is 12.0 Å². The van der Waals surface area contributed by atoms with Crippen molar-refractivity contribution in [2.75, 3.05) is 20.8 Å². The van der Waals surface area contributed by atoms with Gasteiger partial charge in [0.1, 0.15) is 5.82 Å². The second-order valence-electron chi connectivity index (χ2n) is 3.69. The summed E-state index contributed by atoms with van der Waals surface area (Å²) in [5.41, 5.74) is 0.997. The molecule has 0 saturated carbocycles. The lowest BCUT2D eigenvalue weighted by Crippen LogP contribution is -2.30. The average molecular weight is 290 g/mol. The van der Waals surface area contributed by atoms with Crippen molar-refractivity contribution in [3.63, 3.8) is 0 Å². The number of aryl methyl sites for hydroxylation is 1.